The van der Waals surface area contributed by atoms with E-state index in [1.807, 2.05) is 37.3 Å². The Morgan fingerprint density at radius 3 is 2.07 bits per heavy atom. The minimum absolute atomic E-state index is 0.140. The second-order valence-electron chi connectivity index (χ2n) is 2.87. The molecule has 1 atom stereocenters. The molecule has 0 saturated carbocycles. The summed E-state index contributed by atoms with van der Waals surface area (Å²) in [5.74, 6) is 0. The smallest absolute Gasteiger partial charge is 0.128 e. The highest BCUT2D eigenvalue weighted by atomic mass is 35.5. The minimum Gasteiger partial charge on any atom is -0.392 e. The van der Waals surface area contributed by atoms with E-state index in [-0.39, 0.29) is 6.61 Å². The summed E-state index contributed by atoms with van der Waals surface area (Å²) in [4.78, 5) is 0. The van der Waals surface area contributed by atoms with E-state index >= 15 is 0 Å². The molecule has 1 unspecified atom stereocenters. The van der Waals surface area contributed by atoms with Crippen LogP contribution in [0.2, 0.25) is 0 Å². The molecule has 0 fully saturated rings. The third kappa shape index (κ3) is 8.05. The summed E-state index contributed by atoms with van der Waals surface area (Å²) in [6.07, 6.45) is 1.65. The molecule has 0 spiro atoms. The third-order valence-electron chi connectivity index (χ3n) is 1.55. The van der Waals surface area contributed by atoms with Crippen molar-refractivity contribution in [3.63, 3.8) is 0 Å². The number of hydrogen-bond acceptors (Lipinski definition) is 2. The van der Waals surface area contributed by atoms with Crippen LogP contribution in [0.5, 0.6) is 0 Å². The molecular formula is C11H17ClO2. The monoisotopic (exact) mass is 216 g/mol. The zero-order valence-corrected chi connectivity index (χ0v) is 9.11. The van der Waals surface area contributed by atoms with Crippen molar-refractivity contribution in [2.45, 2.75) is 31.9 Å². The van der Waals surface area contributed by atoms with Gasteiger partial charge in [-0.1, -0.05) is 55.3 Å². The summed E-state index contributed by atoms with van der Waals surface area (Å²) in [6.45, 7) is 2.12. The van der Waals surface area contributed by atoms with Crippen LogP contribution in [0.25, 0.3) is 0 Å². The van der Waals surface area contributed by atoms with Gasteiger partial charge in [0.15, 0.2) is 0 Å². The van der Waals surface area contributed by atoms with Gasteiger partial charge in [0.25, 0.3) is 0 Å². The summed E-state index contributed by atoms with van der Waals surface area (Å²) in [5, 5.41) is 16.9. The highest BCUT2D eigenvalue weighted by Gasteiger charge is 1.90. The average molecular weight is 217 g/mol. The SMILES string of the molecule is CCCC(O)Cl.OCc1ccccc1. The van der Waals surface area contributed by atoms with E-state index in [1.165, 1.54) is 0 Å². The number of aliphatic hydroxyl groups excluding tert-OH is 2. The Balaban J connectivity index is 0.000000255. The van der Waals surface area contributed by atoms with Crippen molar-refractivity contribution in [1.29, 1.82) is 0 Å². The Morgan fingerprint density at radius 1 is 1.29 bits per heavy atom. The molecule has 0 heterocycles. The van der Waals surface area contributed by atoms with Gasteiger partial charge in [-0.2, -0.15) is 0 Å². The lowest BCUT2D eigenvalue weighted by molar-refractivity contribution is 0.244. The standard InChI is InChI=1S/C7H8O.C4H9ClO/c8-6-7-4-2-1-3-5-7;1-2-3-4(5)6/h1-5,8H,6H2;4,6H,2-3H2,1H3. The number of hydrogen-bond donors (Lipinski definition) is 2. The van der Waals surface area contributed by atoms with Crippen molar-refractivity contribution in [3.8, 4) is 0 Å². The molecule has 1 aromatic rings. The first-order chi connectivity index (χ1) is 6.70. The summed E-state index contributed by atoms with van der Waals surface area (Å²) in [5.41, 5.74) is 0.336. The summed E-state index contributed by atoms with van der Waals surface area (Å²) in [7, 11) is 0. The highest BCUT2D eigenvalue weighted by molar-refractivity contribution is 6.19. The minimum atomic E-state index is -0.630. The van der Waals surface area contributed by atoms with Gasteiger partial charge in [0.05, 0.1) is 6.61 Å². The van der Waals surface area contributed by atoms with Gasteiger partial charge >= 0.3 is 0 Å². The van der Waals surface area contributed by atoms with Crippen molar-refractivity contribution in [1.82, 2.24) is 0 Å². The molecule has 0 aliphatic heterocycles. The van der Waals surface area contributed by atoms with Crippen LogP contribution in [-0.2, 0) is 6.61 Å². The Kier molecular flexibility index (Phi) is 8.64. The topological polar surface area (TPSA) is 40.5 Å². The molecule has 0 radical (unpaired) electrons. The average Bonchev–Trinajstić information content (AvgIpc) is 2.20. The number of halogens is 1. The van der Waals surface area contributed by atoms with Gasteiger partial charge in [-0.15, -0.1) is 0 Å². The van der Waals surface area contributed by atoms with Gasteiger partial charge in [-0.05, 0) is 12.0 Å². The van der Waals surface area contributed by atoms with E-state index in [0.29, 0.717) is 6.42 Å². The first kappa shape index (κ1) is 13.4. The predicted molar refractivity (Wildman–Crippen MR) is 59.1 cm³/mol. The number of rotatable bonds is 3. The maximum atomic E-state index is 8.54. The lowest BCUT2D eigenvalue weighted by Crippen LogP contribution is -1.91. The van der Waals surface area contributed by atoms with E-state index in [2.05, 4.69) is 0 Å². The maximum Gasteiger partial charge on any atom is 0.128 e. The zero-order valence-electron chi connectivity index (χ0n) is 8.36. The van der Waals surface area contributed by atoms with Crippen LogP contribution in [0.15, 0.2) is 30.3 Å². The Bertz CT molecular complexity index is 212. The molecule has 1 aromatic carbocycles. The molecule has 0 amide bonds. The van der Waals surface area contributed by atoms with E-state index in [9.17, 15) is 0 Å². The van der Waals surface area contributed by atoms with Crippen LogP contribution in [-0.4, -0.2) is 15.8 Å². The molecule has 0 saturated heterocycles. The fourth-order valence-corrected chi connectivity index (χ4v) is 1.04. The lowest BCUT2D eigenvalue weighted by Gasteiger charge is -1.92. The summed E-state index contributed by atoms with van der Waals surface area (Å²) >= 11 is 5.13. The summed E-state index contributed by atoms with van der Waals surface area (Å²) in [6, 6.07) is 9.52. The zero-order chi connectivity index (χ0) is 10.8. The third-order valence-corrected chi connectivity index (χ3v) is 1.77. The van der Waals surface area contributed by atoms with Gasteiger partial charge in [-0.3, -0.25) is 0 Å². The van der Waals surface area contributed by atoms with Gasteiger partial charge in [0.1, 0.15) is 5.56 Å². The Hall–Kier alpha value is -0.570. The molecule has 1 rings (SSSR count). The van der Waals surface area contributed by atoms with E-state index in [4.69, 9.17) is 21.8 Å². The molecule has 2 nitrogen and oxygen atoms in total. The number of alkyl halides is 1. The number of benzene rings is 1. The van der Waals surface area contributed by atoms with Gasteiger partial charge < -0.3 is 10.2 Å². The van der Waals surface area contributed by atoms with Gasteiger partial charge in [0, 0.05) is 0 Å². The quantitative estimate of drug-likeness (QED) is 0.763. The Labute approximate surface area is 90.2 Å². The largest absolute Gasteiger partial charge is 0.392 e. The molecule has 0 bridgehead atoms. The molecular weight excluding hydrogens is 200 g/mol. The van der Waals surface area contributed by atoms with Crippen molar-refractivity contribution in [2.75, 3.05) is 0 Å². The van der Waals surface area contributed by atoms with E-state index in [1.54, 1.807) is 0 Å². The molecule has 0 aromatic heterocycles. The maximum absolute atomic E-state index is 8.54. The normalized spacial score (nSPS) is 11.4. The molecule has 0 aliphatic rings. The molecule has 14 heavy (non-hydrogen) atoms. The molecule has 3 heteroatoms. The second kappa shape index (κ2) is 9.00. The molecule has 2 N–H and O–H groups in total. The molecule has 80 valence electrons. The van der Waals surface area contributed by atoms with Crippen molar-refractivity contribution >= 4 is 11.6 Å². The van der Waals surface area contributed by atoms with Crippen LogP contribution in [0.1, 0.15) is 25.3 Å². The van der Waals surface area contributed by atoms with Crippen molar-refractivity contribution < 1.29 is 10.2 Å². The fraction of sp³-hybridized carbons (Fsp3) is 0.455. The van der Waals surface area contributed by atoms with Crippen LogP contribution in [0.4, 0.5) is 0 Å². The molecule has 0 aliphatic carbocycles. The fourth-order valence-electron chi connectivity index (χ4n) is 0.822. The van der Waals surface area contributed by atoms with Crippen molar-refractivity contribution in [3.05, 3.63) is 35.9 Å². The van der Waals surface area contributed by atoms with Gasteiger partial charge in [0.2, 0.25) is 0 Å². The first-order valence-corrected chi connectivity index (χ1v) is 5.11. The van der Waals surface area contributed by atoms with Crippen molar-refractivity contribution in [2.24, 2.45) is 0 Å². The van der Waals surface area contributed by atoms with E-state index < -0.39 is 5.56 Å². The predicted octanol–water partition coefficient (Wildman–Crippen LogP) is 2.52. The van der Waals surface area contributed by atoms with Crippen LogP contribution >= 0.6 is 11.6 Å². The Morgan fingerprint density at radius 2 is 1.86 bits per heavy atom. The summed E-state index contributed by atoms with van der Waals surface area (Å²) < 4.78 is 0. The van der Waals surface area contributed by atoms with Crippen LogP contribution < -0.4 is 0 Å². The van der Waals surface area contributed by atoms with Gasteiger partial charge in [-0.25, -0.2) is 0 Å². The number of aliphatic hydroxyl groups is 2. The van der Waals surface area contributed by atoms with Crippen LogP contribution in [0, 0.1) is 0 Å². The van der Waals surface area contributed by atoms with E-state index in [0.717, 1.165) is 12.0 Å². The first-order valence-electron chi connectivity index (χ1n) is 4.67. The highest BCUT2D eigenvalue weighted by Crippen LogP contribution is 1.98. The van der Waals surface area contributed by atoms with Crippen LogP contribution in [0.3, 0.4) is 0 Å². The lowest BCUT2D eigenvalue weighted by atomic mass is 10.2. The second-order valence-corrected chi connectivity index (χ2v) is 3.37.